The average Bonchev–Trinajstić information content (AvgIpc) is 3.53. The fraction of sp³-hybridized carbons (Fsp3) is 0.571. The summed E-state index contributed by atoms with van der Waals surface area (Å²) in [4.78, 5) is 2.90. The number of nitrogens with one attached hydrogen (secondary N) is 1. The van der Waals surface area contributed by atoms with Crippen LogP contribution < -0.4 is 14.8 Å². The molecule has 3 atom stereocenters. The minimum absolute atomic E-state index is 0. The van der Waals surface area contributed by atoms with Crippen molar-refractivity contribution in [2.24, 2.45) is 11.8 Å². The molecule has 5 aliphatic rings. The number of benzene rings is 2. The van der Waals surface area contributed by atoms with Crippen LogP contribution in [0, 0.1) is 11.8 Å². The number of ether oxygens (including phenoxy) is 2. The molecule has 2 aromatic carbocycles. The zero-order valence-corrected chi connectivity index (χ0v) is 21.4. The molecule has 4 nitrogen and oxygen atoms in total. The van der Waals surface area contributed by atoms with Crippen LogP contribution >= 0.6 is 24.8 Å². The van der Waals surface area contributed by atoms with Gasteiger partial charge in [-0.1, -0.05) is 25.0 Å². The molecule has 3 fully saturated rings. The zero-order chi connectivity index (χ0) is 21.1. The first-order chi connectivity index (χ1) is 15.8. The monoisotopic (exact) mass is 502 g/mol. The summed E-state index contributed by atoms with van der Waals surface area (Å²) in [6, 6.07) is 14.3. The molecule has 0 aromatic heterocycles. The van der Waals surface area contributed by atoms with Gasteiger partial charge in [-0.05, 0) is 97.9 Å². The van der Waals surface area contributed by atoms with Crippen molar-refractivity contribution in [1.29, 1.82) is 0 Å². The smallest absolute Gasteiger partial charge is 0.231 e. The summed E-state index contributed by atoms with van der Waals surface area (Å²) >= 11 is 0. The van der Waals surface area contributed by atoms with Crippen molar-refractivity contribution < 1.29 is 9.47 Å². The Morgan fingerprint density at radius 3 is 2.71 bits per heavy atom. The summed E-state index contributed by atoms with van der Waals surface area (Å²) in [5.41, 5.74) is 6.23. The summed E-state index contributed by atoms with van der Waals surface area (Å²) in [6.07, 6.45) is 11.2. The van der Waals surface area contributed by atoms with Gasteiger partial charge in [-0.15, -0.1) is 24.8 Å². The van der Waals surface area contributed by atoms with Gasteiger partial charge in [0.2, 0.25) is 6.79 Å². The number of hydrogen-bond acceptors (Lipinski definition) is 4. The third-order valence-corrected chi connectivity index (χ3v) is 9.07. The first-order valence-electron chi connectivity index (χ1n) is 12.8. The lowest BCUT2D eigenvalue weighted by Crippen LogP contribution is -2.61. The topological polar surface area (TPSA) is 33.7 Å². The fourth-order valence-corrected chi connectivity index (χ4v) is 7.31. The molecule has 2 saturated carbocycles. The molecule has 3 aliphatic carbocycles. The summed E-state index contributed by atoms with van der Waals surface area (Å²) in [7, 11) is 0. The number of hydrogen-bond donors (Lipinski definition) is 1. The molecule has 1 saturated heterocycles. The van der Waals surface area contributed by atoms with Crippen molar-refractivity contribution in [2.45, 2.75) is 69.4 Å². The van der Waals surface area contributed by atoms with Crippen LogP contribution in [0.25, 0.3) is 0 Å². The Morgan fingerprint density at radius 1 is 0.941 bits per heavy atom. The molecule has 34 heavy (non-hydrogen) atoms. The standard InChI is InChI=1S/C28H34N2O2.2ClH/c1-2-10-28-11-12-30(17-19-4-5-19)25(23(28)3-1)14-21-7-8-22(15-24(21)28)29-16-20-6-9-26-27(13-20)32-18-31-26;;/h6-9,13,15,19,23,25,29H,1-5,10-12,14,16-18H2;2*1H/t23-,25+,28+;;/m0../s1. The van der Waals surface area contributed by atoms with Crippen LogP contribution in [0.3, 0.4) is 0 Å². The predicted octanol–water partition coefficient (Wildman–Crippen LogP) is 6.34. The second-order valence-electron chi connectivity index (χ2n) is 10.9. The van der Waals surface area contributed by atoms with Gasteiger partial charge < -0.3 is 14.8 Å². The summed E-state index contributed by atoms with van der Waals surface area (Å²) < 4.78 is 11.0. The van der Waals surface area contributed by atoms with Gasteiger partial charge in [0.1, 0.15) is 0 Å². The Kier molecular flexibility index (Phi) is 6.69. The molecular weight excluding hydrogens is 467 g/mol. The molecule has 184 valence electrons. The quantitative estimate of drug-likeness (QED) is 0.517. The number of halogens is 2. The van der Waals surface area contributed by atoms with Gasteiger partial charge in [-0.3, -0.25) is 4.90 Å². The second kappa shape index (κ2) is 9.44. The molecule has 0 amide bonds. The number of nitrogens with zero attached hydrogens (tertiary/aromatic N) is 1. The lowest BCUT2D eigenvalue weighted by Gasteiger charge is -2.59. The lowest BCUT2D eigenvalue weighted by atomic mass is 9.52. The van der Waals surface area contributed by atoms with Crippen molar-refractivity contribution in [3.05, 3.63) is 53.1 Å². The van der Waals surface area contributed by atoms with Crippen LogP contribution in [-0.2, 0) is 18.4 Å². The SMILES string of the molecule is Cl.Cl.c1cc2c(cc1CNc1ccc3c(c1)[C@@]14CCCC[C@H]1[C@@H](C3)N(CC1CC1)CC4)OCO2. The number of likely N-dealkylation sites (tertiary alicyclic amines) is 1. The van der Waals surface area contributed by atoms with E-state index in [4.69, 9.17) is 9.47 Å². The molecule has 0 spiro atoms. The largest absolute Gasteiger partial charge is 0.454 e. The molecule has 2 aromatic rings. The van der Waals surface area contributed by atoms with Crippen molar-refractivity contribution in [3.8, 4) is 11.5 Å². The number of anilines is 1. The van der Waals surface area contributed by atoms with E-state index in [-0.39, 0.29) is 24.8 Å². The number of piperidine rings is 1. The van der Waals surface area contributed by atoms with E-state index in [1.807, 2.05) is 6.07 Å². The zero-order valence-electron chi connectivity index (χ0n) is 19.8. The highest BCUT2D eigenvalue weighted by Gasteiger charge is 2.54. The van der Waals surface area contributed by atoms with Crippen LogP contribution in [0.4, 0.5) is 5.69 Å². The van der Waals surface area contributed by atoms with E-state index in [1.54, 1.807) is 11.1 Å². The van der Waals surface area contributed by atoms with Crippen LogP contribution in [0.1, 0.15) is 61.6 Å². The van der Waals surface area contributed by atoms with E-state index < -0.39 is 0 Å². The van der Waals surface area contributed by atoms with Gasteiger partial charge in [-0.25, -0.2) is 0 Å². The van der Waals surface area contributed by atoms with Crippen molar-refractivity contribution in [2.75, 3.05) is 25.2 Å². The van der Waals surface area contributed by atoms with Crippen LogP contribution in [0.5, 0.6) is 11.5 Å². The summed E-state index contributed by atoms with van der Waals surface area (Å²) in [6.45, 7) is 3.82. The lowest BCUT2D eigenvalue weighted by molar-refractivity contribution is -0.0133. The van der Waals surface area contributed by atoms with Gasteiger partial charge in [-0.2, -0.15) is 0 Å². The summed E-state index contributed by atoms with van der Waals surface area (Å²) in [5, 5.41) is 3.70. The predicted molar refractivity (Wildman–Crippen MR) is 141 cm³/mol. The molecule has 1 N–H and O–H groups in total. The Hall–Kier alpha value is -1.62. The molecule has 6 heteroatoms. The fourth-order valence-electron chi connectivity index (χ4n) is 7.31. The number of fused-ring (bicyclic) bond motifs is 2. The Morgan fingerprint density at radius 2 is 1.82 bits per heavy atom. The number of rotatable bonds is 5. The minimum atomic E-state index is 0. The first-order valence-corrected chi connectivity index (χ1v) is 12.8. The first kappa shape index (κ1) is 24.1. The average molecular weight is 504 g/mol. The maximum atomic E-state index is 5.55. The summed E-state index contributed by atoms with van der Waals surface area (Å²) in [5.74, 6) is 3.57. The van der Waals surface area contributed by atoms with Gasteiger partial charge in [0.05, 0.1) is 0 Å². The van der Waals surface area contributed by atoms with E-state index >= 15 is 0 Å². The van der Waals surface area contributed by atoms with Gasteiger partial charge >= 0.3 is 0 Å². The van der Waals surface area contributed by atoms with Crippen molar-refractivity contribution in [3.63, 3.8) is 0 Å². The highest BCUT2D eigenvalue weighted by molar-refractivity contribution is 5.85. The van der Waals surface area contributed by atoms with E-state index in [1.165, 1.54) is 75.7 Å². The van der Waals surface area contributed by atoms with Crippen LogP contribution in [-0.4, -0.2) is 30.8 Å². The van der Waals surface area contributed by atoms with Crippen LogP contribution in [0.15, 0.2) is 36.4 Å². The second-order valence-corrected chi connectivity index (χ2v) is 10.9. The molecular formula is C28H36Cl2N2O2. The molecule has 7 rings (SSSR count). The molecule has 0 radical (unpaired) electrons. The van der Waals surface area contributed by atoms with Gasteiger partial charge in [0.25, 0.3) is 0 Å². The van der Waals surface area contributed by atoms with E-state index in [9.17, 15) is 0 Å². The Labute approximate surface area is 215 Å². The maximum Gasteiger partial charge on any atom is 0.231 e. The molecule has 2 aliphatic heterocycles. The van der Waals surface area contributed by atoms with Crippen LogP contribution in [0.2, 0.25) is 0 Å². The maximum absolute atomic E-state index is 5.55. The molecule has 2 bridgehead atoms. The normalized spacial score (nSPS) is 28.7. The third-order valence-electron chi connectivity index (χ3n) is 9.07. The van der Waals surface area contributed by atoms with Crippen molar-refractivity contribution in [1.82, 2.24) is 4.90 Å². The Bertz CT molecular complexity index is 1040. The highest BCUT2D eigenvalue weighted by atomic mass is 35.5. The molecule has 0 unspecified atom stereocenters. The van der Waals surface area contributed by atoms with E-state index in [0.29, 0.717) is 12.2 Å². The van der Waals surface area contributed by atoms with Crippen molar-refractivity contribution >= 4 is 30.5 Å². The minimum Gasteiger partial charge on any atom is -0.454 e. The van der Waals surface area contributed by atoms with Gasteiger partial charge in [0.15, 0.2) is 11.5 Å². The Balaban J connectivity index is 0.00000120. The highest BCUT2D eigenvalue weighted by Crippen LogP contribution is 2.56. The third kappa shape index (κ3) is 4.06. The molecule has 2 heterocycles. The van der Waals surface area contributed by atoms with E-state index in [2.05, 4.69) is 40.5 Å². The van der Waals surface area contributed by atoms with Gasteiger partial charge in [0, 0.05) is 30.2 Å². The van der Waals surface area contributed by atoms with E-state index in [0.717, 1.165) is 35.9 Å².